The SMILES string of the molecule is CCCCc1cc(C)c(N(c2ccc(CC)cc2)c2ccc3c(c2)C24CCCC2(CCC4)c2cc(N(c4ccc(CC)cc4)c4c(C)cc(I)cc4C)ccc2-3)c(C)c1. The van der Waals surface area contributed by atoms with Crippen molar-refractivity contribution < 1.29 is 0 Å². The number of nitrogens with zero attached hydrogens (tertiary/aromatic N) is 2. The van der Waals surface area contributed by atoms with Crippen LogP contribution in [-0.4, -0.2) is 0 Å². The fourth-order valence-electron chi connectivity index (χ4n) is 12.0. The molecule has 0 amide bonds. The lowest BCUT2D eigenvalue weighted by Crippen LogP contribution is -2.43. The minimum Gasteiger partial charge on any atom is -0.310 e. The van der Waals surface area contributed by atoms with Gasteiger partial charge < -0.3 is 9.80 Å². The molecule has 6 aromatic rings. The minimum atomic E-state index is 0.137. The fraction of sp³-hybridized carbons (Fsp3) is 0.357. The lowest BCUT2D eigenvalue weighted by molar-refractivity contribution is 0.299. The molecule has 0 unspecified atom stereocenters. The van der Waals surface area contributed by atoms with Crippen LogP contribution in [0.3, 0.4) is 0 Å². The van der Waals surface area contributed by atoms with E-state index in [9.17, 15) is 0 Å². The predicted octanol–water partition coefficient (Wildman–Crippen LogP) is 16.5. The standard InChI is InChI=1S/C56H61IN2/c1-8-11-14-43-31-37(4)53(38(5)32-43)58(45-19-15-41(9-2)16-20-45)47-23-25-49-50-26-24-48(36-52(50)56-29-12-27-55(56,28-13-30-56)51(49)35-47)59(46-21-17-42(10-3)18-22-46)54-39(6)33-44(57)34-40(54)7/h15-26,31-36H,8-14,27-30H2,1-7H3. The summed E-state index contributed by atoms with van der Waals surface area (Å²) >= 11 is 2.47. The average Bonchev–Trinajstić information content (AvgIpc) is 3.81. The van der Waals surface area contributed by atoms with E-state index in [-0.39, 0.29) is 10.8 Å². The third kappa shape index (κ3) is 6.65. The van der Waals surface area contributed by atoms with E-state index in [2.05, 4.69) is 190 Å². The highest BCUT2D eigenvalue weighted by molar-refractivity contribution is 14.1. The van der Waals surface area contributed by atoms with E-state index in [1.807, 2.05) is 0 Å². The van der Waals surface area contributed by atoms with Crippen LogP contribution >= 0.6 is 22.6 Å². The number of anilines is 6. The predicted molar refractivity (Wildman–Crippen MR) is 261 cm³/mol. The average molecular weight is 889 g/mol. The molecule has 0 saturated heterocycles. The molecular formula is C56H61IN2. The smallest absolute Gasteiger partial charge is 0.0520 e. The summed E-state index contributed by atoms with van der Waals surface area (Å²) in [6.07, 6.45) is 13.3. The van der Waals surface area contributed by atoms with Crippen molar-refractivity contribution in [2.24, 2.45) is 0 Å². The molecule has 0 N–H and O–H groups in total. The Bertz CT molecular complexity index is 2470. The van der Waals surface area contributed by atoms with Gasteiger partial charge >= 0.3 is 0 Å². The maximum atomic E-state index is 2.65. The highest BCUT2D eigenvalue weighted by atomic mass is 127. The summed E-state index contributed by atoms with van der Waals surface area (Å²) in [5, 5.41) is 0. The molecular weight excluding hydrogens is 828 g/mol. The van der Waals surface area contributed by atoms with Crippen molar-refractivity contribution in [2.45, 2.75) is 130 Å². The van der Waals surface area contributed by atoms with Crippen molar-refractivity contribution in [1.82, 2.24) is 0 Å². The molecule has 302 valence electrons. The lowest BCUT2D eigenvalue weighted by atomic mass is 9.55. The van der Waals surface area contributed by atoms with Gasteiger partial charge in [0.15, 0.2) is 0 Å². The van der Waals surface area contributed by atoms with E-state index in [0.29, 0.717) is 0 Å². The quantitative estimate of drug-likeness (QED) is 0.120. The number of rotatable bonds is 11. The Kier molecular flexibility index (Phi) is 10.8. The summed E-state index contributed by atoms with van der Waals surface area (Å²) < 4.78 is 1.29. The Balaban J connectivity index is 1.23. The summed E-state index contributed by atoms with van der Waals surface area (Å²) in [5.74, 6) is 0. The van der Waals surface area contributed by atoms with Gasteiger partial charge in [0, 0.05) is 37.1 Å². The Morgan fingerprint density at radius 2 is 0.864 bits per heavy atom. The van der Waals surface area contributed by atoms with Crippen LogP contribution in [0, 0.1) is 31.3 Å². The van der Waals surface area contributed by atoms with Gasteiger partial charge in [0.25, 0.3) is 0 Å². The zero-order valence-corrected chi connectivity index (χ0v) is 38.6. The van der Waals surface area contributed by atoms with E-state index in [0.717, 1.165) is 19.3 Å². The highest BCUT2D eigenvalue weighted by Crippen LogP contribution is 2.70. The molecule has 6 aromatic carbocycles. The number of hydrogen-bond acceptors (Lipinski definition) is 2. The number of halogens is 1. The molecule has 0 radical (unpaired) electrons. The first-order valence-electron chi connectivity index (χ1n) is 22.6. The summed E-state index contributed by atoms with van der Waals surface area (Å²) in [6.45, 7) is 16.0. The Morgan fingerprint density at radius 1 is 0.475 bits per heavy atom. The summed E-state index contributed by atoms with van der Waals surface area (Å²) in [5.41, 5.74) is 23.5. The fourth-order valence-corrected chi connectivity index (χ4v) is 12.9. The number of hydrogen-bond donors (Lipinski definition) is 0. The van der Waals surface area contributed by atoms with Gasteiger partial charge in [0.05, 0.1) is 11.4 Å². The molecule has 0 bridgehead atoms. The zero-order valence-electron chi connectivity index (χ0n) is 36.4. The van der Waals surface area contributed by atoms with E-state index in [4.69, 9.17) is 0 Å². The molecule has 0 aliphatic heterocycles. The molecule has 59 heavy (non-hydrogen) atoms. The number of benzene rings is 6. The molecule has 2 fully saturated rings. The van der Waals surface area contributed by atoms with Crippen LogP contribution in [-0.2, 0) is 30.1 Å². The van der Waals surface area contributed by atoms with Gasteiger partial charge in [-0.3, -0.25) is 0 Å². The molecule has 0 atom stereocenters. The molecule has 9 rings (SSSR count). The van der Waals surface area contributed by atoms with E-state index in [1.54, 1.807) is 11.1 Å². The van der Waals surface area contributed by atoms with Crippen molar-refractivity contribution in [1.29, 1.82) is 0 Å². The van der Waals surface area contributed by atoms with E-state index < -0.39 is 0 Å². The van der Waals surface area contributed by atoms with Gasteiger partial charge in [-0.2, -0.15) is 0 Å². The van der Waals surface area contributed by atoms with E-state index in [1.165, 1.54) is 139 Å². The van der Waals surface area contributed by atoms with Gasteiger partial charge in [0.2, 0.25) is 0 Å². The second-order valence-electron chi connectivity index (χ2n) is 18.1. The first-order chi connectivity index (χ1) is 28.6. The maximum absolute atomic E-state index is 2.65. The highest BCUT2D eigenvalue weighted by Gasteiger charge is 2.62. The summed E-state index contributed by atoms with van der Waals surface area (Å²) in [4.78, 5) is 5.14. The van der Waals surface area contributed by atoms with Gasteiger partial charge in [-0.05, 0) is 224 Å². The second-order valence-corrected chi connectivity index (χ2v) is 19.4. The normalized spacial score (nSPS) is 18.9. The molecule has 3 heteroatoms. The molecule has 0 spiro atoms. The summed E-state index contributed by atoms with van der Waals surface area (Å²) in [6, 6.07) is 43.4. The number of unbranched alkanes of at least 4 members (excludes halogenated alkanes) is 1. The van der Waals surface area contributed by atoms with Gasteiger partial charge in [-0.1, -0.05) is 88.6 Å². The van der Waals surface area contributed by atoms with Gasteiger partial charge in [0.1, 0.15) is 0 Å². The molecule has 3 aliphatic carbocycles. The Labute approximate surface area is 368 Å². The molecule has 0 heterocycles. The van der Waals surface area contributed by atoms with Crippen LogP contribution in [0.25, 0.3) is 11.1 Å². The van der Waals surface area contributed by atoms with Crippen molar-refractivity contribution in [3.05, 3.63) is 163 Å². The third-order valence-electron chi connectivity index (χ3n) is 14.7. The first-order valence-corrected chi connectivity index (χ1v) is 23.6. The van der Waals surface area contributed by atoms with Crippen molar-refractivity contribution in [3.8, 4) is 11.1 Å². The van der Waals surface area contributed by atoms with Crippen LogP contribution in [0.2, 0.25) is 0 Å². The molecule has 2 saturated carbocycles. The van der Waals surface area contributed by atoms with Gasteiger partial charge in [-0.15, -0.1) is 0 Å². The number of aryl methyl sites for hydroxylation is 7. The topological polar surface area (TPSA) is 6.48 Å². The lowest BCUT2D eigenvalue weighted by Gasteiger charge is -2.48. The van der Waals surface area contributed by atoms with Crippen molar-refractivity contribution in [3.63, 3.8) is 0 Å². The molecule has 0 aromatic heterocycles. The Morgan fingerprint density at radius 3 is 1.25 bits per heavy atom. The zero-order chi connectivity index (χ0) is 41.1. The van der Waals surface area contributed by atoms with Crippen LogP contribution < -0.4 is 9.80 Å². The largest absolute Gasteiger partial charge is 0.310 e. The van der Waals surface area contributed by atoms with Crippen LogP contribution in [0.15, 0.2) is 109 Å². The second kappa shape index (κ2) is 15.9. The maximum Gasteiger partial charge on any atom is 0.0520 e. The minimum absolute atomic E-state index is 0.137. The number of fused-ring (bicyclic) bond motifs is 3. The van der Waals surface area contributed by atoms with Crippen molar-refractivity contribution >= 4 is 56.7 Å². The summed E-state index contributed by atoms with van der Waals surface area (Å²) in [7, 11) is 0. The third-order valence-corrected chi connectivity index (χ3v) is 15.3. The van der Waals surface area contributed by atoms with Crippen LogP contribution in [0.4, 0.5) is 34.1 Å². The first kappa shape index (κ1) is 40.1. The van der Waals surface area contributed by atoms with E-state index >= 15 is 0 Å². The molecule has 3 aliphatic rings. The van der Waals surface area contributed by atoms with Crippen LogP contribution in [0.5, 0.6) is 0 Å². The van der Waals surface area contributed by atoms with Gasteiger partial charge in [-0.25, -0.2) is 0 Å². The van der Waals surface area contributed by atoms with Crippen molar-refractivity contribution in [2.75, 3.05) is 9.80 Å². The molecule has 2 nitrogen and oxygen atoms in total. The van der Waals surface area contributed by atoms with Crippen LogP contribution in [0.1, 0.15) is 122 Å². The monoisotopic (exact) mass is 888 g/mol. The Hall–Kier alpha value is -4.35.